The van der Waals surface area contributed by atoms with Crippen LogP contribution in [0.1, 0.15) is 11.7 Å². The summed E-state index contributed by atoms with van der Waals surface area (Å²) in [5, 5.41) is 12.5. The number of halogens is 1. The van der Waals surface area contributed by atoms with Gasteiger partial charge in [-0.2, -0.15) is 0 Å². The van der Waals surface area contributed by atoms with Crippen molar-refractivity contribution in [1.82, 2.24) is 0 Å². The summed E-state index contributed by atoms with van der Waals surface area (Å²) in [6, 6.07) is 3.11. The number of rotatable bonds is 3. The molecular weight excluding hydrogens is 258 g/mol. The summed E-state index contributed by atoms with van der Waals surface area (Å²) in [6.07, 6.45) is -1.20. The van der Waals surface area contributed by atoms with E-state index in [-0.39, 0.29) is 6.54 Å². The molecule has 6 nitrogen and oxygen atoms in total. The quantitative estimate of drug-likeness (QED) is 0.733. The topological polar surface area (TPSA) is 95.7 Å². The van der Waals surface area contributed by atoms with Crippen molar-refractivity contribution in [2.24, 2.45) is 5.73 Å². The molecule has 1 aromatic carbocycles. The third-order valence-corrected chi connectivity index (χ3v) is 3.03. The number of carbonyl (C=O) groups excluding carboxylic acids is 2. The highest BCUT2D eigenvalue weighted by Crippen LogP contribution is 2.38. The zero-order valence-corrected chi connectivity index (χ0v) is 10.4. The zero-order valence-electron chi connectivity index (χ0n) is 9.61. The van der Waals surface area contributed by atoms with Gasteiger partial charge in [-0.15, -0.1) is 0 Å². The molecule has 2 rings (SSSR count). The minimum atomic E-state index is -1.20. The van der Waals surface area contributed by atoms with Gasteiger partial charge in [0.05, 0.1) is 17.3 Å². The van der Waals surface area contributed by atoms with Crippen molar-refractivity contribution in [3.05, 3.63) is 22.7 Å². The van der Waals surface area contributed by atoms with Crippen LogP contribution in [0.2, 0.25) is 5.02 Å². The first-order valence-electron chi connectivity index (χ1n) is 5.22. The molecule has 1 aliphatic rings. The van der Waals surface area contributed by atoms with Crippen molar-refractivity contribution in [2.75, 3.05) is 23.8 Å². The molecule has 1 heterocycles. The average Bonchev–Trinajstić information content (AvgIpc) is 2.53. The van der Waals surface area contributed by atoms with Crippen LogP contribution in [0.5, 0.6) is 0 Å². The van der Waals surface area contributed by atoms with Crippen LogP contribution in [0, 0.1) is 0 Å². The highest BCUT2D eigenvalue weighted by molar-refractivity contribution is 6.33. The molecule has 0 aliphatic carbocycles. The highest BCUT2D eigenvalue weighted by Gasteiger charge is 2.30. The zero-order chi connectivity index (χ0) is 13.4. The number of hydrogen-bond acceptors (Lipinski definition) is 4. The van der Waals surface area contributed by atoms with Crippen molar-refractivity contribution < 1.29 is 14.7 Å². The number of aliphatic hydroxyl groups is 1. The van der Waals surface area contributed by atoms with Gasteiger partial charge in [0.2, 0.25) is 5.91 Å². The maximum Gasteiger partial charge on any atom is 0.257 e. The Morgan fingerprint density at radius 3 is 2.89 bits per heavy atom. The SMILES string of the molecule is CN(CC(N)=O)c1cc2c(cc1Cl)C(O)C(=O)N2. The van der Waals surface area contributed by atoms with E-state index in [1.165, 1.54) is 6.07 Å². The standard InChI is InChI=1S/C11H12ClN3O3/c1-15(4-9(13)16)8-3-7-5(2-6(8)12)10(17)11(18)14-7/h2-3,10,17H,4H2,1H3,(H2,13,16)(H,14,18). The molecule has 0 saturated carbocycles. The van der Waals surface area contributed by atoms with Crippen LogP contribution < -0.4 is 16.0 Å². The molecule has 4 N–H and O–H groups in total. The molecule has 96 valence electrons. The first-order chi connectivity index (χ1) is 8.40. The van der Waals surface area contributed by atoms with Crippen LogP contribution in [-0.4, -0.2) is 30.5 Å². The maximum atomic E-state index is 11.3. The number of primary amides is 1. The van der Waals surface area contributed by atoms with Gasteiger partial charge in [0.1, 0.15) is 0 Å². The third-order valence-electron chi connectivity index (χ3n) is 2.72. The van der Waals surface area contributed by atoms with Crippen LogP contribution >= 0.6 is 11.6 Å². The van der Waals surface area contributed by atoms with Gasteiger partial charge in [-0.3, -0.25) is 9.59 Å². The first-order valence-corrected chi connectivity index (χ1v) is 5.59. The molecule has 1 aromatic rings. The Morgan fingerprint density at radius 1 is 1.61 bits per heavy atom. The van der Waals surface area contributed by atoms with Gasteiger partial charge in [0.25, 0.3) is 5.91 Å². The van der Waals surface area contributed by atoms with Crippen molar-refractivity contribution in [2.45, 2.75) is 6.10 Å². The molecule has 0 fully saturated rings. The normalized spacial score (nSPS) is 17.3. The van der Waals surface area contributed by atoms with Gasteiger partial charge in [-0.05, 0) is 12.1 Å². The summed E-state index contributed by atoms with van der Waals surface area (Å²) in [6.45, 7) is 0.00894. The van der Waals surface area contributed by atoms with E-state index in [1.54, 1.807) is 18.0 Å². The van der Waals surface area contributed by atoms with Crippen LogP contribution in [-0.2, 0) is 9.59 Å². The fourth-order valence-electron chi connectivity index (χ4n) is 1.87. The Balaban J connectivity index is 2.38. The minimum absolute atomic E-state index is 0.00894. The number of amides is 2. The van der Waals surface area contributed by atoms with E-state index in [9.17, 15) is 14.7 Å². The predicted molar refractivity (Wildman–Crippen MR) is 67.5 cm³/mol. The summed E-state index contributed by atoms with van der Waals surface area (Å²) < 4.78 is 0. The van der Waals surface area contributed by atoms with E-state index < -0.39 is 17.9 Å². The first kappa shape index (κ1) is 12.7. The number of nitrogens with zero attached hydrogens (tertiary/aromatic N) is 1. The highest BCUT2D eigenvalue weighted by atomic mass is 35.5. The second kappa shape index (κ2) is 4.47. The lowest BCUT2D eigenvalue weighted by atomic mass is 10.1. The van der Waals surface area contributed by atoms with E-state index >= 15 is 0 Å². The van der Waals surface area contributed by atoms with Crippen molar-refractivity contribution in [3.8, 4) is 0 Å². The average molecular weight is 270 g/mol. The molecule has 1 unspecified atom stereocenters. The number of nitrogens with two attached hydrogens (primary N) is 1. The van der Waals surface area contributed by atoms with E-state index in [0.717, 1.165) is 0 Å². The van der Waals surface area contributed by atoms with Crippen molar-refractivity contribution in [1.29, 1.82) is 0 Å². The number of fused-ring (bicyclic) bond motifs is 1. The monoisotopic (exact) mass is 269 g/mol. The number of benzene rings is 1. The molecule has 2 amide bonds. The number of nitrogens with one attached hydrogen (secondary N) is 1. The summed E-state index contributed by atoms with van der Waals surface area (Å²) in [5.41, 5.74) is 6.58. The second-order valence-corrected chi connectivity index (χ2v) is 4.51. The van der Waals surface area contributed by atoms with Crippen LogP contribution in [0.3, 0.4) is 0 Å². The van der Waals surface area contributed by atoms with Gasteiger partial charge in [-0.25, -0.2) is 0 Å². The summed E-state index contributed by atoms with van der Waals surface area (Å²) in [7, 11) is 1.66. The van der Waals surface area contributed by atoms with Gasteiger partial charge >= 0.3 is 0 Å². The van der Waals surface area contributed by atoms with Crippen LogP contribution in [0.4, 0.5) is 11.4 Å². The van der Waals surface area contributed by atoms with Gasteiger partial charge in [0.15, 0.2) is 6.10 Å². The molecule has 0 radical (unpaired) electrons. The molecule has 1 aliphatic heterocycles. The summed E-state index contributed by atoms with van der Waals surface area (Å²) >= 11 is 6.06. The number of aliphatic hydroxyl groups excluding tert-OH is 1. The Labute approximate surface area is 108 Å². The molecule has 1 atom stereocenters. The second-order valence-electron chi connectivity index (χ2n) is 4.11. The Morgan fingerprint density at radius 2 is 2.28 bits per heavy atom. The lowest BCUT2D eigenvalue weighted by molar-refractivity contribution is -0.123. The van der Waals surface area contributed by atoms with Crippen LogP contribution in [0.15, 0.2) is 12.1 Å². The molecule has 18 heavy (non-hydrogen) atoms. The number of likely N-dealkylation sites (N-methyl/N-ethyl adjacent to an activating group) is 1. The van der Waals surface area contributed by atoms with E-state index in [2.05, 4.69) is 5.32 Å². The van der Waals surface area contributed by atoms with E-state index in [4.69, 9.17) is 17.3 Å². The molecule has 0 spiro atoms. The summed E-state index contributed by atoms with van der Waals surface area (Å²) in [5.74, 6) is -0.978. The molecule has 0 aromatic heterocycles. The van der Waals surface area contributed by atoms with Gasteiger partial charge in [0, 0.05) is 18.3 Å². The molecule has 7 heteroatoms. The van der Waals surface area contributed by atoms with Crippen molar-refractivity contribution in [3.63, 3.8) is 0 Å². The third kappa shape index (κ3) is 2.12. The van der Waals surface area contributed by atoms with Crippen molar-refractivity contribution >= 4 is 34.8 Å². The predicted octanol–water partition coefficient (Wildman–Crippen LogP) is 0.247. The molecule has 0 bridgehead atoms. The Kier molecular flexibility index (Phi) is 3.14. The summed E-state index contributed by atoms with van der Waals surface area (Å²) in [4.78, 5) is 23.7. The fraction of sp³-hybridized carbons (Fsp3) is 0.273. The number of anilines is 2. The lowest BCUT2D eigenvalue weighted by Gasteiger charge is -2.19. The lowest BCUT2D eigenvalue weighted by Crippen LogP contribution is -2.30. The van der Waals surface area contributed by atoms with Gasteiger partial charge < -0.3 is 21.1 Å². The molecular formula is C11H12ClN3O3. The largest absolute Gasteiger partial charge is 0.378 e. The minimum Gasteiger partial charge on any atom is -0.378 e. The Bertz CT molecular complexity index is 533. The van der Waals surface area contributed by atoms with E-state index in [0.29, 0.717) is 22.0 Å². The fourth-order valence-corrected chi connectivity index (χ4v) is 2.18. The van der Waals surface area contributed by atoms with Gasteiger partial charge in [-0.1, -0.05) is 11.6 Å². The molecule has 0 saturated heterocycles. The smallest absolute Gasteiger partial charge is 0.257 e. The maximum absolute atomic E-state index is 11.3. The van der Waals surface area contributed by atoms with Crippen LogP contribution in [0.25, 0.3) is 0 Å². The number of carbonyl (C=O) groups is 2. The Hall–Kier alpha value is -1.79. The van der Waals surface area contributed by atoms with E-state index in [1.807, 2.05) is 0 Å². The number of hydrogen-bond donors (Lipinski definition) is 3.